The third-order valence-corrected chi connectivity index (χ3v) is 5.18. The second kappa shape index (κ2) is 9.34. The predicted molar refractivity (Wildman–Crippen MR) is 118 cm³/mol. The molecule has 1 unspecified atom stereocenters. The number of aromatic nitrogens is 3. The molecule has 1 aliphatic rings. The van der Waals surface area contributed by atoms with Crippen LogP contribution in [0.4, 0.5) is 5.69 Å². The number of nitrogens with two attached hydrogens (primary N) is 1. The second-order valence-electron chi connectivity index (χ2n) is 7.57. The van der Waals surface area contributed by atoms with Gasteiger partial charge in [-0.25, -0.2) is 9.97 Å². The van der Waals surface area contributed by atoms with E-state index in [0.29, 0.717) is 31.2 Å². The Morgan fingerprint density at radius 1 is 1.20 bits per heavy atom. The van der Waals surface area contributed by atoms with Crippen molar-refractivity contribution in [2.45, 2.75) is 6.10 Å². The first kappa shape index (κ1) is 20.5. The molecule has 1 saturated heterocycles. The lowest BCUT2D eigenvalue weighted by Gasteiger charge is -2.32. The summed E-state index contributed by atoms with van der Waals surface area (Å²) in [6.07, 6.45) is 3.31. The van der Waals surface area contributed by atoms with Gasteiger partial charge in [-0.2, -0.15) is 0 Å². The average Bonchev–Trinajstić information content (AvgIpc) is 2.78. The van der Waals surface area contributed by atoms with Crippen molar-refractivity contribution in [2.75, 3.05) is 58.4 Å². The van der Waals surface area contributed by atoms with E-state index >= 15 is 0 Å². The summed E-state index contributed by atoms with van der Waals surface area (Å²) in [7, 11) is 4.04. The molecule has 3 heterocycles. The molecule has 1 fully saturated rings. The van der Waals surface area contributed by atoms with Crippen molar-refractivity contribution in [3.05, 3.63) is 42.7 Å². The van der Waals surface area contributed by atoms with Crippen molar-refractivity contribution in [3.8, 4) is 17.1 Å². The topological polar surface area (TPSA) is 89.6 Å². The number of fused-ring (bicyclic) bond motifs is 1. The van der Waals surface area contributed by atoms with Crippen molar-refractivity contribution in [3.63, 3.8) is 0 Å². The maximum absolute atomic E-state index is 6.10. The molecule has 0 aliphatic carbocycles. The van der Waals surface area contributed by atoms with Crippen molar-refractivity contribution in [1.82, 2.24) is 19.9 Å². The van der Waals surface area contributed by atoms with Crippen LogP contribution in [0.5, 0.6) is 5.88 Å². The van der Waals surface area contributed by atoms with E-state index in [2.05, 4.69) is 44.0 Å². The number of hydrogen-bond donors (Lipinski definition) is 1. The third-order valence-electron chi connectivity index (χ3n) is 5.18. The fourth-order valence-corrected chi connectivity index (χ4v) is 3.56. The zero-order chi connectivity index (χ0) is 20.9. The minimum absolute atomic E-state index is 0.0261. The quantitative estimate of drug-likeness (QED) is 0.633. The van der Waals surface area contributed by atoms with E-state index in [1.54, 1.807) is 12.4 Å². The lowest BCUT2D eigenvalue weighted by Crippen LogP contribution is -2.46. The van der Waals surface area contributed by atoms with Crippen LogP contribution in [0.2, 0.25) is 0 Å². The van der Waals surface area contributed by atoms with Gasteiger partial charge in [0.25, 0.3) is 0 Å². The van der Waals surface area contributed by atoms with E-state index in [9.17, 15) is 0 Å². The van der Waals surface area contributed by atoms with Gasteiger partial charge < -0.3 is 20.1 Å². The normalized spacial score (nSPS) is 17.2. The number of anilines is 1. The number of morpholine rings is 1. The molecule has 30 heavy (non-hydrogen) atoms. The largest absolute Gasteiger partial charge is 0.473 e. The van der Waals surface area contributed by atoms with Crippen molar-refractivity contribution < 1.29 is 9.47 Å². The van der Waals surface area contributed by atoms with Crippen molar-refractivity contribution in [2.24, 2.45) is 5.73 Å². The van der Waals surface area contributed by atoms with Gasteiger partial charge >= 0.3 is 0 Å². The van der Waals surface area contributed by atoms with E-state index in [-0.39, 0.29) is 6.10 Å². The van der Waals surface area contributed by atoms with Gasteiger partial charge in [0.2, 0.25) is 5.88 Å². The standard InChI is InChI=1S/C22H28N6O2/c1-27(2)17-5-3-16(4-6-17)19-13-20-21(25-9-8-24-20)22(26-19)30-15-18-14-28(10-7-23)11-12-29-18/h3-6,8-9,13,18H,7,10-12,14-15,23H2,1-2H3. The van der Waals surface area contributed by atoms with Crippen LogP contribution in [-0.4, -0.2) is 79.4 Å². The van der Waals surface area contributed by atoms with E-state index in [1.807, 2.05) is 20.2 Å². The summed E-state index contributed by atoms with van der Waals surface area (Å²) in [4.78, 5) is 18.0. The van der Waals surface area contributed by atoms with Gasteiger partial charge in [-0.1, -0.05) is 12.1 Å². The van der Waals surface area contributed by atoms with Crippen LogP contribution >= 0.6 is 0 Å². The van der Waals surface area contributed by atoms with Crippen LogP contribution in [0.15, 0.2) is 42.7 Å². The smallest absolute Gasteiger partial charge is 0.242 e. The first-order chi connectivity index (χ1) is 14.6. The Hall–Kier alpha value is -2.81. The number of hydrogen-bond acceptors (Lipinski definition) is 8. The van der Waals surface area contributed by atoms with Crippen LogP contribution in [0.25, 0.3) is 22.3 Å². The molecule has 0 amide bonds. The van der Waals surface area contributed by atoms with E-state index < -0.39 is 0 Å². The Bertz CT molecular complexity index is 977. The van der Waals surface area contributed by atoms with Gasteiger partial charge in [0.15, 0.2) is 5.52 Å². The summed E-state index contributed by atoms with van der Waals surface area (Å²) in [6.45, 7) is 4.29. The van der Waals surface area contributed by atoms with Gasteiger partial charge in [0.1, 0.15) is 12.7 Å². The number of ether oxygens (including phenoxy) is 2. The second-order valence-corrected chi connectivity index (χ2v) is 7.57. The highest BCUT2D eigenvalue weighted by Crippen LogP contribution is 2.28. The van der Waals surface area contributed by atoms with Crippen LogP contribution in [0.3, 0.4) is 0 Å². The highest BCUT2D eigenvalue weighted by Gasteiger charge is 2.21. The molecule has 1 atom stereocenters. The Balaban J connectivity index is 1.57. The minimum atomic E-state index is -0.0261. The molecule has 2 N–H and O–H groups in total. The molecule has 0 spiro atoms. The maximum atomic E-state index is 6.10. The summed E-state index contributed by atoms with van der Waals surface area (Å²) < 4.78 is 12.0. The van der Waals surface area contributed by atoms with E-state index in [4.69, 9.17) is 20.2 Å². The summed E-state index contributed by atoms with van der Waals surface area (Å²) >= 11 is 0. The van der Waals surface area contributed by atoms with Crippen LogP contribution in [0, 0.1) is 0 Å². The van der Waals surface area contributed by atoms with Crippen LogP contribution in [-0.2, 0) is 4.74 Å². The highest BCUT2D eigenvalue weighted by atomic mass is 16.5. The maximum Gasteiger partial charge on any atom is 0.242 e. The molecule has 0 radical (unpaired) electrons. The molecular formula is C22H28N6O2. The summed E-state index contributed by atoms with van der Waals surface area (Å²) in [5, 5.41) is 0. The minimum Gasteiger partial charge on any atom is -0.473 e. The van der Waals surface area contributed by atoms with Gasteiger partial charge in [-0.05, 0) is 18.2 Å². The van der Waals surface area contributed by atoms with Crippen molar-refractivity contribution in [1.29, 1.82) is 0 Å². The molecule has 1 aliphatic heterocycles. The molecule has 8 heteroatoms. The fourth-order valence-electron chi connectivity index (χ4n) is 3.56. The molecule has 158 valence electrons. The average molecular weight is 409 g/mol. The Kier molecular flexibility index (Phi) is 6.37. The van der Waals surface area contributed by atoms with Gasteiger partial charge in [-0.15, -0.1) is 0 Å². The third kappa shape index (κ3) is 4.67. The fraction of sp³-hybridized carbons (Fsp3) is 0.409. The lowest BCUT2D eigenvalue weighted by atomic mass is 10.1. The van der Waals surface area contributed by atoms with Gasteiger partial charge in [0, 0.05) is 63.9 Å². The Labute approximate surface area is 176 Å². The van der Waals surface area contributed by atoms with Crippen molar-refractivity contribution >= 4 is 16.7 Å². The van der Waals surface area contributed by atoms with Crippen LogP contribution in [0.1, 0.15) is 0 Å². The summed E-state index contributed by atoms with van der Waals surface area (Å²) in [5.41, 5.74) is 10.0. The molecule has 3 aromatic rings. The lowest BCUT2D eigenvalue weighted by molar-refractivity contribution is -0.0473. The number of pyridine rings is 1. The van der Waals surface area contributed by atoms with Gasteiger partial charge in [-0.3, -0.25) is 9.88 Å². The molecule has 2 aromatic heterocycles. The number of benzene rings is 1. The zero-order valence-corrected chi connectivity index (χ0v) is 17.5. The zero-order valence-electron chi connectivity index (χ0n) is 17.5. The molecule has 4 rings (SSSR count). The van der Waals surface area contributed by atoms with E-state index in [1.165, 1.54) is 0 Å². The summed E-state index contributed by atoms with van der Waals surface area (Å²) in [5.74, 6) is 0.479. The molecule has 0 saturated carbocycles. The molecule has 0 bridgehead atoms. The first-order valence-corrected chi connectivity index (χ1v) is 10.2. The van der Waals surface area contributed by atoms with Gasteiger partial charge in [0.05, 0.1) is 17.8 Å². The highest BCUT2D eigenvalue weighted by molar-refractivity contribution is 5.83. The van der Waals surface area contributed by atoms with E-state index in [0.717, 1.165) is 42.1 Å². The number of rotatable bonds is 7. The Morgan fingerprint density at radius 3 is 2.77 bits per heavy atom. The predicted octanol–water partition coefficient (Wildman–Crippen LogP) is 1.80. The molecular weight excluding hydrogens is 380 g/mol. The summed E-state index contributed by atoms with van der Waals surface area (Å²) in [6, 6.07) is 10.2. The first-order valence-electron chi connectivity index (χ1n) is 10.2. The van der Waals surface area contributed by atoms with Crippen LogP contribution < -0.4 is 15.4 Å². The monoisotopic (exact) mass is 408 g/mol. The SMILES string of the molecule is CN(C)c1ccc(-c2cc3nccnc3c(OCC3CN(CCN)CCO3)n2)cc1. The Morgan fingerprint density at radius 2 is 2.00 bits per heavy atom. The number of nitrogens with zero attached hydrogens (tertiary/aromatic N) is 5. The molecule has 1 aromatic carbocycles. The molecule has 8 nitrogen and oxygen atoms in total.